The zero-order valence-electron chi connectivity index (χ0n) is 10.2. The van der Waals surface area contributed by atoms with Gasteiger partial charge < -0.3 is 10.2 Å². The number of nitrogens with one attached hydrogen (secondary N) is 1. The molecule has 0 spiro atoms. The Morgan fingerprint density at radius 2 is 2.33 bits per heavy atom. The summed E-state index contributed by atoms with van der Waals surface area (Å²) in [5.74, 6) is -0.417. The normalized spacial score (nSPS) is 23.8. The fourth-order valence-corrected chi connectivity index (χ4v) is 2.58. The molecule has 5 heteroatoms. The molecule has 1 saturated heterocycles. The molecule has 0 bridgehead atoms. The van der Waals surface area contributed by atoms with Crippen molar-refractivity contribution in [1.82, 2.24) is 5.32 Å². The molecule has 1 aliphatic heterocycles. The molecule has 0 aliphatic carbocycles. The summed E-state index contributed by atoms with van der Waals surface area (Å²) in [4.78, 5) is 2.14. The molecular formula is C13H15ClFN3. The zero-order valence-corrected chi connectivity index (χ0v) is 10.9. The third-order valence-electron chi connectivity index (χ3n) is 3.22. The topological polar surface area (TPSA) is 39.1 Å². The van der Waals surface area contributed by atoms with E-state index in [0.29, 0.717) is 6.42 Å². The van der Waals surface area contributed by atoms with E-state index in [1.165, 1.54) is 6.07 Å². The van der Waals surface area contributed by atoms with Crippen molar-refractivity contribution >= 4 is 17.3 Å². The van der Waals surface area contributed by atoms with Crippen LogP contribution in [-0.4, -0.2) is 25.2 Å². The monoisotopic (exact) mass is 267 g/mol. The number of benzene rings is 1. The van der Waals surface area contributed by atoms with Crippen LogP contribution in [-0.2, 0) is 0 Å². The molecule has 0 aromatic heterocycles. The van der Waals surface area contributed by atoms with Crippen LogP contribution in [0, 0.1) is 17.1 Å². The van der Waals surface area contributed by atoms with Gasteiger partial charge in [-0.15, -0.1) is 0 Å². The minimum absolute atomic E-state index is 0.0975. The van der Waals surface area contributed by atoms with Gasteiger partial charge in [-0.2, -0.15) is 5.26 Å². The van der Waals surface area contributed by atoms with Crippen LogP contribution in [0.1, 0.15) is 13.3 Å². The van der Waals surface area contributed by atoms with Gasteiger partial charge in [0.2, 0.25) is 0 Å². The SMILES string of the molecule is CC1CNCC(CC#N)N1c1ccc(F)c(Cl)c1. The Labute approximate surface area is 111 Å². The molecule has 1 fully saturated rings. The molecule has 96 valence electrons. The first-order valence-electron chi connectivity index (χ1n) is 5.94. The van der Waals surface area contributed by atoms with Crippen molar-refractivity contribution < 1.29 is 4.39 Å². The molecule has 2 rings (SSSR count). The molecule has 1 N–H and O–H groups in total. The van der Waals surface area contributed by atoms with Crippen LogP contribution in [0.2, 0.25) is 5.02 Å². The number of rotatable bonds is 2. The van der Waals surface area contributed by atoms with E-state index in [0.717, 1.165) is 18.8 Å². The van der Waals surface area contributed by atoms with E-state index in [1.54, 1.807) is 12.1 Å². The Kier molecular flexibility index (Phi) is 4.05. The van der Waals surface area contributed by atoms with Crippen LogP contribution in [0.25, 0.3) is 0 Å². The largest absolute Gasteiger partial charge is 0.362 e. The lowest BCUT2D eigenvalue weighted by molar-refractivity contribution is 0.417. The maximum atomic E-state index is 13.2. The van der Waals surface area contributed by atoms with Crippen molar-refractivity contribution in [3.8, 4) is 6.07 Å². The molecule has 1 heterocycles. The molecule has 1 aliphatic rings. The van der Waals surface area contributed by atoms with Crippen molar-refractivity contribution in [2.45, 2.75) is 25.4 Å². The van der Waals surface area contributed by atoms with Gasteiger partial charge in [-0.05, 0) is 25.1 Å². The highest BCUT2D eigenvalue weighted by Crippen LogP contribution is 2.27. The van der Waals surface area contributed by atoms with Gasteiger partial charge in [0.1, 0.15) is 5.82 Å². The first-order valence-corrected chi connectivity index (χ1v) is 6.32. The number of halogens is 2. The molecule has 2 unspecified atom stereocenters. The van der Waals surface area contributed by atoms with Crippen molar-refractivity contribution in [3.63, 3.8) is 0 Å². The van der Waals surface area contributed by atoms with Crippen molar-refractivity contribution in [1.29, 1.82) is 5.26 Å². The highest BCUT2D eigenvalue weighted by Gasteiger charge is 2.28. The Hall–Kier alpha value is -1.31. The summed E-state index contributed by atoms with van der Waals surface area (Å²) in [5.41, 5.74) is 0.871. The number of nitriles is 1. The zero-order chi connectivity index (χ0) is 13.1. The third-order valence-corrected chi connectivity index (χ3v) is 3.51. The number of hydrogen-bond donors (Lipinski definition) is 1. The summed E-state index contributed by atoms with van der Waals surface area (Å²) in [7, 11) is 0. The van der Waals surface area contributed by atoms with E-state index in [4.69, 9.17) is 16.9 Å². The van der Waals surface area contributed by atoms with E-state index in [1.807, 2.05) is 0 Å². The first-order chi connectivity index (χ1) is 8.63. The number of hydrogen-bond acceptors (Lipinski definition) is 3. The van der Waals surface area contributed by atoms with Crippen molar-refractivity contribution in [2.24, 2.45) is 0 Å². The van der Waals surface area contributed by atoms with Gasteiger partial charge >= 0.3 is 0 Å². The van der Waals surface area contributed by atoms with Crippen LogP contribution in [0.15, 0.2) is 18.2 Å². The van der Waals surface area contributed by atoms with Gasteiger partial charge in [0.15, 0.2) is 0 Å². The third kappa shape index (κ3) is 2.58. The maximum absolute atomic E-state index is 13.2. The van der Waals surface area contributed by atoms with Gasteiger partial charge in [0, 0.05) is 24.8 Å². The van der Waals surface area contributed by atoms with E-state index in [2.05, 4.69) is 23.2 Å². The molecule has 18 heavy (non-hydrogen) atoms. The van der Waals surface area contributed by atoms with E-state index >= 15 is 0 Å². The van der Waals surface area contributed by atoms with Gasteiger partial charge in [-0.1, -0.05) is 11.6 Å². The maximum Gasteiger partial charge on any atom is 0.141 e. The molecule has 1 aromatic carbocycles. The van der Waals surface area contributed by atoms with Gasteiger partial charge in [-0.25, -0.2) is 4.39 Å². The van der Waals surface area contributed by atoms with Crippen LogP contribution in [0.5, 0.6) is 0 Å². The number of nitrogens with zero attached hydrogens (tertiary/aromatic N) is 2. The van der Waals surface area contributed by atoms with Crippen LogP contribution in [0.3, 0.4) is 0 Å². The quantitative estimate of drug-likeness (QED) is 0.895. The molecule has 3 nitrogen and oxygen atoms in total. The smallest absolute Gasteiger partial charge is 0.141 e. The molecule has 0 saturated carbocycles. The molecular weight excluding hydrogens is 253 g/mol. The lowest BCUT2D eigenvalue weighted by Gasteiger charge is -2.42. The van der Waals surface area contributed by atoms with Gasteiger partial charge in [0.25, 0.3) is 0 Å². The number of anilines is 1. The standard InChI is InChI=1S/C13H15ClFN3/c1-9-7-17-8-11(4-5-16)18(9)10-2-3-13(15)12(14)6-10/h2-3,6,9,11,17H,4,7-8H2,1H3. The second-order valence-electron chi connectivity index (χ2n) is 4.53. The molecule has 1 aromatic rings. The lowest BCUT2D eigenvalue weighted by Crippen LogP contribution is -2.56. The summed E-state index contributed by atoms with van der Waals surface area (Å²) in [5, 5.41) is 12.3. The summed E-state index contributed by atoms with van der Waals surface area (Å²) in [6.07, 6.45) is 0.437. The second-order valence-corrected chi connectivity index (χ2v) is 4.94. The first kappa shape index (κ1) is 13.1. The highest BCUT2D eigenvalue weighted by molar-refractivity contribution is 6.31. The average Bonchev–Trinajstić information content (AvgIpc) is 2.34. The summed E-state index contributed by atoms with van der Waals surface area (Å²) < 4.78 is 13.2. The molecule has 2 atom stereocenters. The Balaban J connectivity index is 2.31. The van der Waals surface area contributed by atoms with E-state index in [-0.39, 0.29) is 17.1 Å². The minimum Gasteiger partial charge on any atom is -0.362 e. The summed E-state index contributed by atoms with van der Waals surface area (Å²) in [6, 6.07) is 7.26. The predicted molar refractivity (Wildman–Crippen MR) is 70.2 cm³/mol. The van der Waals surface area contributed by atoms with Gasteiger partial charge in [-0.3, -0.25) is 0 Å². The predicted octanol–water partition coefficient (Wildman–Crippen LogP) is 2.56. The van der Waals surface area contributed by atoms with Crippen LogP contribution < -0.4 is 10.2 Å². The van der Waals surface area contributed by atoms with Crippen molar-refractivity contribution in [2.75, 3.05) is 18.0 Å². The fourth-order valence-electron chi connectivity index (χ4n) is 2.40. The Bertz CT molecular complexity index is 472. The summed E-state index contributed by atoms with van der Waals surface area (Å²) in [6.45, 7) is 3.68. The van der Waals surface area contributed by atoms with E-state index < -0.39 is 5.82 Å². The van der Waals surface area contributed by atoms with Gasteiger partial charge in [0.05, 0.1) is 23.6 Å². The molecule has 0 amide bonds. The van der Waals surface area contributed by atoms with Crippen LogP contribution >= 0.6 is 11.6 Å². The second kappa shape index (κ2) is 5.55. The number of piperazine rings is 1. The highest BCUT2D eigenvalue weighted by atomic mass is 35.5. The van der Waals surface area contributed by atoms with Crippen molar-refractivity contribution in [3.05, 3.63) is 29.0 Å². The molecule has 0 radical (unpaired) electrons. The van der Waals surface area contributed by atoms with E-state index in [9.17, 15) is 4.39 Å². The minimum atomic E-state index is -0.417. The lowest BCUT2D eigenvalue weighted by atomic mass is 10.0. The Morgan fingerprint density at radius 1 is 1.56 bits per heavy atom. The fraction of sp³-hybridized carbons (Fsp3) is 0.462. The Morgan fingerprint density at radius 3 is 3.00 bits per heavy atom. The van der Waals surface area contributed by atoms with Crippen LogP contribution in [0.4, 0.5) is 10.1 Å². The average molecular weight is 268 g/mol. The summed E-state index contributed by atoms with van der Waals surface area (Å²) >= 11 is 5.82.